The molecule has 2 rings (SSSR count). The highest BCUT2D eigenvalue weighted by Crippen LogP contribution is 2.17. The largest absolute Gasteiger partial charge is 0.448 e. The Bertz CT molecular complexity index is 617. The van der Waals surface area contributed by atoms with Gasteiger partial charge in [-0.2, -0.15) is 0 Å². The number of imide groups is 1. The Hall–Kier alpha value is -2.15. The van der Waals surface area contributed by atoms with Crippen LogP contribution in [0.5, 0.6) is 0 Å². The van der Waals surface area contributed by atoms with Crippen LogP contribution in [0.4, 0.5) is 4.79 Å². The SMILES string of the molecule is C[C@H](OC(=O)c1cc(Cl)ccn1)C(=O)NC(=O)NC1CCCCC1. The Morgan fingerprint density at radius 1 is 1.29 bits per heavy atom. The number of rotatable bonds is 4. The van der Waals surface area contributed by atoms with Gasteiger partial charge >= 0.3 is 12.0 Å². The summed E-state index contributed by atoms with van der Waals surface area (Å²) in [5.74, 6) is -1.48. The van der Waals surface area contributed by atoms with Gasteiger partial charge in [0.25, 0.3) is 5.91 Å². The second-order valence-electron chi connectivity index (χ2n) is 5.70. The summed E-state index contributed by atoms with van der Waals surface area (Å²) >= 11 is 5.77. The molecule has 0 bridgehead atoms. The van der Waals surface area contributed by atoms with Crippen molar-refractivity contribution in [3.63, 3.8) is 0 Å². The highest BCUT2D eigenvalue weighted by Gasteiger charge is 2.23. The fraction of sp³-hybridized carbons (Fsp3) is 0.500. The van der Waals surface area contributed by atoms with E-state index in [0.29, 0.717) is 5.02 Å². The van der Waals surface area contributed by atoms with Gasteiger partial charge in [0.2, 0.25) is 0 Å². The fourth-order valence-corrected chi connectivity index (χ4v) is 2.63. The van der Waals surface area contributed by atoms with Crippen molar-refractivity contribution >= 4 is 29.5 Å². The van der Waals surface area contributed by atoms with Gasteiger partial charge in [-0.1, -0.05) is 30.9 Å². The van der Waals surface area contributed by atoms with Crippen molar-refractivity contribution in [1.29, 1.82) is 0 Å². The molecule has 7 nitrogen and oxygen atoms in total. The second-order valence-corrected chi connectivity index (χ2v) is 6.14. The number of halogens is 1. The molecule has 0 spiro atoms. The van der Waals surface area contributed by atoms with Crippen LogP contribution in [0.3, 0.4) is 0 Å². The van der Waals surface area contributed by atoms with E-state index in [-0.39, 0.29) is 11.7 Å². The number of nitrogens with zero attached hydrogens (tertiary/aromatic N) is 1. The van der Waals surface area contributed by atoms with E-state index >= 15 is 0 Å². The first kappa shape index (κ1) is 18.2. The van der Waals surface area contributed by atoms with Gasteiger partial charge in [0.15, 0.2) is 6.10 Å². The minimum absolute atomic E-state index is 0.00573. The van der Waals surface area contributed by atoms with Crippen LogP contribution in [-0.4, -0.2) is 35.0 Å². The van der Waals surface area contributed by atoms with Crippen LogP contribution < -0.4 is 10.6 Å². The smallest absolute Gasteiger partial charge is 0.357 e. The molecule has 1 saturated carbocycles. The molecule has 1 aromatic heterocycles. The monoisotopic (exact) mass is 353 g/mol. The number of amides is 3. The number of ether oxygens (including phenoxy) is 1. The molecule has 1 aliphatic rings. The zero-order valence-corrected chi connectivity index (χ0v) is 14.1. The molecule has 1 atom stereocenters. The lowest BCUT2D eigenvalue weighted by Gasteiger charge is -2.23. The first-order chi connectivity index (χ1) is 11.5. The van der Waals surface area contributed by atoms with E-state index in [2.05, 4.69) is 15.6 Å². The van der Waals surface area contributed by atoms with Crippen LogP contribution in [-0.2, 0) is 9.53 Å². The second kappa shape index (κ2) is 8.63. The lowest BCUT2D eigenvalue weighted by Crippen LogP contribution is -2.48. The first-order valence-electron chi connectivity index (χ1n) is 7.89. The number of pyridine rings is 1. The average molecular weight is 354 g/mol. The summed E-state index contributed by atoms with van der Waals surface area (Å²) in [6.07, 6.45) is 5.36. The van der Waals surface area contributed by atoms with Crippen molar-refractivity contribution in [2.24, 2.45) is 0 Å². The third-order valence-corrected chi connectivity index (χ3v) is 4.00. The summed E-state index contributed by atoms with van der Waals surface area (Å²) in [7, 11) is 0. The Morgan fingerprint density at radius 2 is 2.00 bits per heavy atom. The van der Waals surface area contributed by atoms with Crippen molar-refractivity contribution in [1.82, 2.24) is 15.6 Å². The molecule has 0 unspecified atom stereocenters. The minimum Gasteiger partial charge on any atom is -0.448 e. The molecule has 1 fully saturated rings. The third kappa shape index (κ3) is 5.49. The van der Waals surface area contributed by atoms with Gasteiger partial charge in [-0.05, 0) is 31.9 Å². The van der Waals surface area contributed by atoms with Gasteiger partial charge in [0.1, 0.15) is 5.69 Å². The van der Waals surface area contributed by atoms with Crippen LogP contribution in [0.25, 0.3) is 0 Å². The molecule has 1 aromatic rings. The topological polar surface area (TPSA) is 97.4 Å². The summed E-state index contributed by atoms with van der Waals surface area (Å²) in [4.78, 5) is 39.5. The predicted octanol–water partition coefficient (Wildman–Crippen LogP) is 2.44. The molecule has 1 aliphatic carbocycles. The first-order valence-corrected chi connectivity index (χ1v) is 8.27. The molecular weight excluding hydrogens is 334 g/mol. The number of aromatic nitrogens is 1. The van der Waals surface area contributed by atoms with Gasteiger partial charge in [0.05, 0.1) is 0 Å². The van der Waals surface area contributed by atoms with Crippen LogP contribution in [0.2, 0.25) is 5.02 Å². The van der Waals surface area contributed by atoms with Crippen molar-refractivity contribution in [2.45, 2.75) is 51.2 Å². The Balaban J connectivity index is 1.80. The van der Waals surface area contributed by atoms with E-state index in [9.17, 15) is 14.4 Å². The van der Waals surface area contributed by atoms with Crippen LogP contribution >= 0.6 is 11.6 Å². The van der Waals surface area contributed by atoms with Gasteiger partial charge in [-0.3, -0.25) is 10.1 Å². The number of esters is 1. The van der Waals surface area contributed by atoms with Crippen molar-refractivity contribution < 1.29 is 19.1 Å². The van der Waals surface area contributed by atoms with Gasteiger partial charge in [-0.25, -0.2) is 14.6 Å². The Morgan fingerprint density at radius 3 is 2.67 bits per heavy atom. The van der Waals surface area contributed by atoms with E-state index in [1.54, 1.807) is 0 Å². The molecule has 0 saturated heterocycles. The third-order valence-electron chi connectivity index (χ3n) is 3.76. The molecular formula is C16H20ClN3O4. The van der Waals surface area contributed by atoms with E-state index in [0.717, 1.165) is 25.7 Å². The Labute approximate surface area is 145 Å². The molecule has 3 amide bonds. The van der Waals surface area contributed by atoms with Crippen LogP contribution in [0, 0.1) is 0 Å². The maximum absolute atomic E-state index is 11.9. The average Bonchev–Trinajstić information content (AvgIpc) is 2.55. The quantitative estimate of drug-likeness (QED) is 0.810. The summed E-state index contributed by atoms with van der Waals surface area (Å²) in [5.41, 5.74) is -0.00573. The summed E-state index contributed by atoms with van der Waals surface area (Å²) in [6, 6.07) is 2.37. The summed E-state index contributed by atoms with van der Waals surface area (Å²) < 4.78 is 4.99. The zero-order valence-electron chi connectivity index (χ0n) is 13.4. The fourth-order valence-electron chi connectivity index (χ4n) is 2.47. The highest BCUT2D eigenvalue weighted by molar-refractivity contribution is 6.30. The normalized spacial score (nSPS) is 16.1. The molecule has 0 aromatic carbocycles. The number of urea groups is 1. The minimum atomic E-state index is -1.13. The van der Waals surface area contributed by atoms with Crippen molar-refractivity contribution in [3.05, 3.63) is 29.0 Å². The molecule has 1 heterocycles. The maximum atomic E-state index is 11.9. The van der Waals surface area contributed by atoms with E-state index in [4.69, 9.17) is 16.3 Å². The summed E-state index contributed by atoms with van der Waals surface area (Å²) in [6.45, 7) is 1.38. The summed E-state index contributed by atoms with van der Waals surface area (Å²) in [5, 5.41) is 5.27. The van der Waals surface area contributed by atoms with Gasteiger partial charge in [-0.15, -0.1) is 0 Å². The van der Waals surface area contributed by atoms with Crippen LogP contribution in [0.1, 0.15) is 49.5 Å². The van der Waals surface area contributed by atoms with E-state index in [1.165, 1.54) is 31.7 Å². The van der Waals surface area contributed by atoms with Crippen molar-refractivity contribution in [3.8, 4) is 0 Å². The number of hydrogen-bond acceptors (Lipinski definition) is 5. The molecule has 130 valence electrons. The zero-order chi connectivity index (χ0) is 17.5. The number of carbonyl (C=O) groups is 3. The predicted molar refractivity (Wildman–Crippen MR) is 87.7 cm³/mol. The van der Waals surface area contributed by atoms with Crippen molar-refractivity contribution in [2.75, 3.05) is 0 Å². The standard InChI is InChI=1S/C16H20ClN3O4/c1-10(24-15(22)13-9-11(17)7-8-18-13)14(21)20-16(23)19-12-5-3-2-4-6-12/h7-10,12H,2-6H2,1H3,(H2,19,20,21,23)/t10-/m0/s1. The number of nitrogens with one attached hydrogen (secondary N) is 2. The molecule has 2 N–H and O–H groups in total. The van der Waals surface area contributed by atoms with Crippen LogP contribution in [0.15, 0.2) is 18.3 Å². The lowest BCUT2D eigenvalue weighted by molar-refractivity contribution is -0.127. The van der Waals surface area contributed by atoms with Gasteiger partial charge < -0.3 is 10.1 Å². The number of carbonyl (C=O) groups excluding carboxylic acids is 3. The molecule has 24 heavy (non-hydrogen) atoms. The van der Waals surface area contributed by atoms with E-state index < -0.39 is 24.0 Å². The highest BCUT2D eigenvalue weighted by atomic mass is 35.5. The molecule has 0 radical (unpaired) electrons. The Kier molecular flexibility index (Phi) is 6.54. The number of hydrogen-bond donors (Lipinski definition) is 2. The van der Waals surface area contributed by atoms with Gasteiger partial charge in [0, 0.05) is 17.3 Å². The molecule has 8 heteroatoms. The van der Waals surface area contributed by atoms with E-state index in [1.807, 2.05) is 0 Å². The maximum Gasteiger partial charge on any atom is 0.357 e. The molecule has 0 aliphatic heterocycles. The lowest BCUT2D eigenvalue weighted by atomic mass is 9.96.